The summed E-state index contributed by atoms with van der Waals surface area (Å²) in [5.41, 5.74) is 0.883. The Hall–Kier alpha value is -2.34. The Bertz CT molecular complexity index is 833. The number of fused-ring (bicyclic) bond motifs is 1. The molecule has 2 fully saturated rings. The predicted molar refractivity (Wildman–Crippen MR) is 88.7 cm³/mol. The van der Waals surface area contributed by atoms with E-state index < -0.39 is 5.63 Å². The molecule has 0 unspecified atom stereocenters. The lowest BCUT2D eigenvalue weighted by Gasteiger charge is -2.35. The van der Waals surface area contributed by atoms with Crippen LogP contribution >= 0.6 is 0 Å². The number of aromatic hydroxyl groups is 1. The van der Waals surface area contributed by atoms with E-state index in [0.29, 0.717) is 18.0 Å². The van der Waals surface area contributed by atoms with Crippen LogP contribution in [-0.2, 0) is 11.3 Å². The topological polar surface area (TPSA) is 74.0 Å². The number of amides is 1. The van der Waals surface area contributed by atoms with Gasteiger partial charge in [-0.15, -0.1) is 0 Å². The van der Waals surface area contributed by atoms with Crippen LogP contribution in [0.2, 0.25) is 0 Å². The van der Waals surface area contributed by atoms with Crippen molar-refractivity contribution >= 4 is 16.9 Å². The first kappa shape index (κ1) is 15.2. The van der Waals surface area contributed by atoms with Crippen molar-refractivity contribution in [3.8, 4) is 5.75 Å². The Kier molecular flexibility index (Phi) is 3.76. The molecule has 6 heteroatoms. The molecular weight excluding hydrogens is 308 g/mol. The summed E-state index contributed by atoms with van der Waals surface area (Å²) in [6.07, 6.45) is 2.08. The van der Waals surface area contributed by atoms with Crippen LogP contribution in [0.15, 0.2) is 33.5 Å². The Morgan fingerprint density at radius 2 is 1.92 bits per heavy atom. The minimum atomic E-state index is -0.411. The van der Waals surface area contributed by atoms with E-state index in [1.807, 2.05) is 4.90 Å². The molecule has 4 rings (SSSR count). The standard InChI is InChI=1S/C18H20N2O4/c21-14-3-4-15-13(9-17(22)24-16(15)10-14)11-19-5-7-20(8-6-19)18(23)12-1-2-12/h3-4,9-10,12,21H,1-2,5-8,11H2. The molecule has 1 aromatic heterocycles. The number of carbonyl (C=O) groups is 1. The van der Waals surface area contributed by atoms with Gasteiger partial charge in [0.1, 0.15) is 11.3 Å². The van der Waals surface area contributed by atoms with Crippen molar-refractivity contribution in [3.05, 3.63) is 40.2 Å². The summed E-state index contributed by atoms with van der Waals surface area (Å²) >= 11 is 0. The lowest BCUT2D eigenvalue weighted by molar-refractivity contribution is -0.134. The van der Waals surface area contributed by atoms with Gasteiger partial charge in [0.05, 0.1) is 0 Å². The van der Waals surface area contributed by atoms with Gasteiger partial charge in [0.2, 0.25) is 5.91 Å². The monoisotopic (exact) mass is 328 g/mol. The largest absolute Gasteiger partial charge is 0.508 e. The van der Waals surface area contributed by atoms with Gasteiger partial charge in [0, 0.05) is 56.2 Å². The maximum Gasteiger partial charge on any atom is 0.336 e. The highest BCUT2D eigenvalue weighted by Crippen LogP contribution is 2.31. The van der Waals surface area contributed by atoms with Gasteiger partial charge in [-0.1, -0.05) is 0 Å². The first-order valence-corrected chi connectivity index (χ1v) is 8.37. The second kappa shape index (κ2) is 5.94. The van der Waals surface area contributed by atoms with Crippen molar-refractivity contribution in [3.63, 3.8) is 0 Å². The van der Waals surface area contributed by atoms with Crippen LogP contribution in [0.25, 0.3) is 11.0 Å². The van der Waals surface area contributed by atoms with Crippen LogP contribution in [0.1, 0.15) is 18.4 Å². The van der Waals surface area contributed by atoms with Gasteiger partial charge in [-0.2, -0.15) is 0 Å². The highest BCUT2D eigenvalue weighted by Gasteiger charge is 2.34. The first-order valence-electron chi connectivity index (χ1n) is 8.37. The molecule has 0 bridgehead atoms. The molecule has 1 amide bonds. The zero-order valence-electron chi connectivity index (χ0n) is 13.4. The Labute approximate surface area is 139 Å². The molecule has 1 N–H and O–H groups in total. The van der Waals surface area contributed by atoms with Gasteiger partial charge >= 0.3 is 5.63 Å². The third kappa shape index (κ3) is 3.01. The fourth-order valence-corrected chi connectivity index (χ4v) is 3.31. The van der Waals surface area contributed by atoms with Crippen molar-refractivity contribution in [2.45, 2.75) is 19.4 Å². The zero-order chi connectivity index (χ0) is 16.7. The Balaban J connectivity index is 1.49. The van der Waals surface area contributed by atoms with Gasteiger partial charge in [0.15, 0.2) is 0 Å². The average molecular weight is 328 g/mol. The second-order valence-electron chi connectivity index (χ2n) is 6.65. The third-order valence-corrected chi connectivity index (χ3v) is 4.82. The molecule has 1 aliphatic heterocycles. The van der Waals surface area contributed by atoms with Crippen LogP contribution in [0.5, 0.6) is 5.75 Å². The number of phenolic OH excluding ortho intramolecular Hbond substituents is 1. The normalized spacial score (nSPS) is 18.9. The summed E-state index contributed by atoms with van der Waals surface area (Å²) in [5, 5.41) is 10.4. The lowest BCUT2D eigenvalue weighted by atomic mass is 10.1. The number of carbonyl (C=O) groups excluding carboxylic acids is 1. The van der Waals surface area contributed by atoms with Gasteiger partial charge in [-0.05, 0) is 30.5 Å². The molecule has 2 aromatic rings. The molecule has 1 aliphatic carbocycles. The Morgan fingerprint density at radius 1 is 1.17 bits per heavy atom. The van der Waals surface area contributed by atoms with E-state index in [1.165, 1.54) is 12.1 Å². The smallest absolute Gasteiger partial charge is 0.336 e. The van der Waals surface area contributed by atoms with Crippen molar-refractivity contribution < 1.29 is 14.3 Å². The highest BCUT2D eigenvalue weighted by atomic mass is 16.4. The number of hydrogen-bond donors (Lipinski definition) is 1. The molecule has 0 radical (unpaired) electrons. The SMILES string of the molecule is O=C(C1CC1)N1CCN(Cc2cc(=O)oc3cc(O)ccc23)CC1. The molecule has 0 spiro atoms. The molecule has 1 saturated carbocycles. The Morgan fingerprint density at radius 3 is 2.62 bits per heavy atom. The third-order valence-electron chi connectivity index (χ3n) is 4.82. The molecule has 126 valence electrons. The van der Waals surface area contributed by atoms with Crippen LogP contribution in [0.4, 0.5) is 0 Å². The van der Waals surface area contributed by atoms with E-state index in [4.69, 9.17) is 4.42 Å². The second-order valence-corrected chi connectivity index (χ2v) is 6.65. The number of benzene rings is 1. The summed E-state index contributed by atoms with van der Waals surface area (Å²) in [4.78, 5) is 28.1. The van der Waals surface area contributed by atoms with Crippen molar-refractivity contribution in [1.29, 1.82) is 0 Å². The van der Waals surface area contributed by atoms with Crippen molar-refractivity contribution in [2.24, 2.45) is 5.92 Å². The minimum Gasteiger partial charge on any atom is -0.508 e. The molecule has 6 nitrogen and oxygen atoms in total. The van der Waals surface area contributed by atoms with Crippen LogP contribution < -0.4 is 5.63 Å². The summed E-state index contributed by atoms with van der Waals surface area (Å²) < 4.78 is 5.17. The fraction of sp³-hybridized carbons (Fsp3) is 0.444. The van der Waals surface area contributed by atoms with E-state index in [9.17, 15) is 14.7 Å². The number of phenols is 1. The molecule has 0 atom stereocenters. The van der Waals surface area contributed by atoms with Gasteiger partial charge in [-0.25, -0.2) is 4.79 Å². The van der Waals surface area contributed by atoms with E-state index in [1.54, 1.807) is 12.1 Å². The highest BCUT2D eigenvalue weighted by molar-refractivity contribution is 5.82. The minimum absolute atomic E-state index is 0.0787. The summed E-state index contributed by atoms with van der Waals surface area (Å²) in [7, 11) is 0. The molecule has 24 heavy (non-hydrogen) atoms. The van der Waals surface area contributed by atoms with E-state index in [-0.39, 0.29) is 11.7 Å². The van der Waals surface area contributed by atoms with Crippen LogP contribution in [0, 0.1) is 5.92 Å². The van der Waals surface area contributed by atoms with Gasteiger partial charge < -0.3 is 14.4 Å². The predicted octanol–water partition coefficient (Wildman–Crippen LogP) is 1.55. The maximum atomic E-state index is 12.1. The maximum absolute atomic E-state index is 12.1. The quantitative estimate of drug-likeness (QED) is 0.866. The van der Waals surface area contributed by atoms with Crippen molar-refractivity contribution in [2.75, 3.05) is 26.2 Å². The summed E-state index contributed by atoms with van der Waals surface area (Å²) in [6, 6.07) is 6.35. The molecule has 2 aliphatic rings. The van der Waals surface area contributed by atoms with E-state index >= 15 is 0 Å². The fourth-order valence-electron chi connectivity index (χ4n) is 3.31. The average Bonchev–Trinajstić information content (AvgIpc) is 3.39. The van der Waals surface area contributed by atoms with Gasteiger partial charge in [-0.3, -0.25) is 9.69 Å². The van der Waals surface area contributed by atoms with E-state index in [2.05, 4.69) is 4.90 Å². The number of piperazine rings is 1. The van der Waals surface area contributed by atoms with Crippen LogP contribution in [0.3, 0.4) is 0 Å². The number of nitrogens with zero attached hydrogens (tertiary/aromatic N) is 2. The van der Waals surface area contributed by atoms with Gasteiger partial charge in [0.25, 0.3) is 0 Å². The van der Waals surface area contributed by atoms with E-state index in [0.717, 1.165) is 50.0 Å². The lowest BCUT2D eigenvalue weighted by Crippen LogP contribution is -2.48. The van der Waals surface area contributed by atoms with Crippen LogP contribution in [-0.4, -0.2) is 47.0 Å². The molecule has 2 heterocycles. The zero-order valence-corrected chi connectivity index (χ0v) is 13.4. The van der Waals surface area contributed by atoms with Crippen molar-refractivity contribution in [1.82, 2.24) is 9.80 Å². The molecular formula is C18H20N2O4. The molecule has 1 aromatic carbocycles. The molecule has 1 saturated heterocycles. The number of hydrogen-bond acceptors (Lipinski definition) is 5. The number of rotatable bonds is 3. The summed E-state index contributed by atoms with van der Waals surface area (Å²) in [6.45, 7) is 3.74. The first-order chi connectivity index (χ1) is 11.6. The summed E-state index contributed by atoms with van der Waals surface area (Å²) in [5.74, 6) is 0.651.